The number of hydrogen-bond acceptors (Lipinski definition) is 3. The third-order valence-corrected chi connectivity index (χ3v) is 5.59. The van der Waals surface area contributed by atoms with Crippen LogP contribution in [0, 0.1) is 17.6 Å². The van der Waals surface area contributed by atoms with Crippen LogP contribution in [0.5, 0.6) is 0 Å². The summed E-state index contributed by atoms with van der Waals surface area (Å²) in [6.45, 7) is 3.66. The second kappa shape index (κ2) is 11.4. The van der Waals surface area contributed by atoms with Crippen molar-refractivity contribution >= 4 is 14.0 Å². The number of piperidine rings is 1. The molecule has 3 nitrogen and oxygen atoms in total. The van der Waals surface area contributed by atoms with Gasteiger partial charge in [-0.15, -0.1) is 0 Å². The molecule has 1 aliphatic rings. The molecule has 2 rings (SSSR count). The fourth-order valence-corrected chi connectivity index (χ4v) is 4.13. The van der Waals surface area contributed by atoms with Crippen molar-refractivity contribution in [2.24, 2.45) is 5.92 Å². The summed E-state index contributed by atoms with van der Waals surface area (Å²) in [5.41, 5.74) is 0.690. The molecule has 1 heterocycles. The van der Waals surface area contributed by atoms with E-state index >= 15 is 0 Å². The minimum atomic E-state index is -0.518. The molecule has 1 aromatic carbocycles. The molecule has 0 bridgehead atoms. The summed E-state index contributed by atoms with van der Waals surface area (Å²) in [5, 5.41) is 0. The Morgan fingerprint density at radius 2 is 1.93 bits per heavy atom. The zero-order chi connectivity index (χ0) is 19.6. The zero-order valence-corrected chi connectivity index (χ0v) is 16.7. The first-order valence-electron chi connectivity index (χ1n) is 10.3. The zero-order valence-electron chi connectivity index (χ0n) is 16.7. The molecule has 0 N–H and O–H groups in total. The van der Waals surface area contributed by atoms with Crippen LogP contribution in [0.4, 0.5) is 8.78 Å². The summed E-state index contributed by atoms with van der Waals surface area (Å²) in [5.74, 6) is -1.14. The average Bonchev–Trinajstić information content (AvgIpc) is 2.64. The first kappa shape index (κ1) is 21.9. The number of likely N-dealkylation sites (tertiary alicyclic amines) is 1. The topological polar surface area (TPSA) is 29.5 Å². The Bertz CT molecular complexity index is 579. The highest BCUT2D eigenvalue weighted by Crippen LogP contribution is 2.26. The summed E-state index contributed by atoms with van der Waals surface area (Å²) in [6.07, 6.45) is 9.26. The maximum atomic E-state index is 13.5. The third-order valence-electron chi connectivity index (χ3n) is 5.59. The quantitative estimate of drug-likeness (QED) is 0.565. The van der Waals surface area contributed by atoms with Crippen LogP contribution in [0.3, 0.4) is 0 Å². The number of carbonyl (C=O) groups excluding carboxylic acids is 1. The van der Waals surface area contributed by atoms with Crippen molar-refractivity contribution in [2.45, 2.75) is 77.3 Å². The lowest BCUT2D eigenvalue weighted by Gasteiger charge is -2.36. The Hall–Kier alpha value is -1.43. The molecular formula is C21H32BF2NO2. The van der Waals surface area contributed by atoms with Crippen molar-refractivity contribution in [3.05, 3.63) is 35.4 Å². The predicted octanol–water partition coefficient (Wildman–Crippen LogP) is 4.39. The Kier molecular flexibility index (Phi) is 9.25. The highest BCUT2D eigenvalue weighted by Gasteiger charge is 2.24. The van der Waals surface area contributed by atoms with Gasteiger partial charge in [-0.1, -0.05) is 32.6 Å². The number of halogens is 2. The van der Waals surface area contributed by atoms with Gasteiger partial charge in [0.05, 0.1) is 5.92 Å². The van der Waals surface area contributed by atoms with Crippen LogP contribution in [0.15, 0.2) is 18.2 Å². The van der Waals surface area contributed by atoms with Crippen molar-refractivity contribution in [2.75, 3.05) is 6.54 Å². The molecule has 1 aliphatic heterocycles. The van der Waals surface area contributed by atoms with Crippen LogP contribution >= 0.6 is 0 Å². The Morgan fingerprint density at radius 3 is 2.59 bits per heavy atom. The fourth-order valence-electron chi connectivity index (χ4n) is 4.13. The summed E-state index contributed by atoms with van der Waals surface area (Å²) in [4.78, 5) is 14.3. The van der Waals surface area contributed by atoms with E-state index in [0.717, 1.165) is 64.0 Å². The Balaban J connectivity index is 1.89. The number of benzene rings is 1. The van der Waals surface area contributed by atoms with Crippen molar-refractivity contribution in [3.8, 4) is 0 Å². The molecule has 0 aromatic heterocycles. The van der Waals surface area contributed by atoms with E-state index in [9.17, 15) is 13.6 Å². The van der Waals surface area contributed by atoms with Gasteiger partial charge in [-0.05, 0) is 56.3 Å². The van der Waals surface area contributed by atoms with Crippen LogP contribution in [-0.4, -0.2) is 31.5 Å². The average molecular weight is 379 g/mol. The van der Waals surface area contributed by atoms with Gasteiger partial charge in [0.25, 0.3) is 5.97 Å². The number of rotatable bonds is 10. The minimum Gasteiger partial charge on any atom is -0.543 e. The van der Waals surface area contributed by atoms with Gasteiger partial charge in [0.1, 0.15) is 11.6 Å². The summed E-state index contributed by atoms with van der Waals surface area (Å²) >= 11 is 0. The Morgan fingerprint density at radius 1 is 1.22 bits per heavy atom. The molecule has 150 valence electrons. The third kappa shape index (κ3) is 7.25. The molecule has 6 heteroatoms. The molecule has 0 radical (unpaired) electrons. The van der Waals surface area contributed by atoms with E-state index in [0.29, 0.717) is 18.2 Å². The highest BCUT2D eigenvalue weighted by atomic mass is 19.1. The van der Waals surface area contributed by atoms with Gasteiger partial charge >= 0.3 is 8.05 Å². The largest absolute Gasteiger partial charge is 0.543 e. The molecule has 1 saturated heterocycles. The van der Waals surface area contributed by atoms with Gasteiger partial charge in [-0.2, -0.15) is 0 Å². The lowest BCUT2D eigenvalue weighted by Crippen LogP contribution is -2.39. The number of unbranched alkanes of at least 4 members (excludes halogenated alkanes) is 1. The smallest absolute Gasteiger partial charge is 0.325 e. The van der Waals surface area contributed by atoms with E-state index in [1.807, 2.05) is 0 Å². The summed E-state index contributed by atoms with van der Waals surface area (Å²) in [6, 6.07) is 4.18. The fraction of sp³-hybridized carbons (Fsp3) is 0.667. The van der Waals surface area contributed by atoms with Crippen LogP contribution in [0.1, 0.15) is 70.3 Å². The van der Waals surface area contributed by atoms with E-state index in [4.69, 9.17) is 4.65 Å². The summed E-state index contributed by atoms with van der Waals surface area (Å²) in [7, 11) is 1.46. The van der Waals surface area contributed by atoms with Crippen molar-refractivity contribution < 1.29 is 18.2 Å². The van der Waals surface area contributed by atoms with Gasteiger partial charge in [-0.25, -0.2) is 8.78 Å². The van der Waals surface area contributed by atoms with E-state index in [1.54, 1.807) is 0 Å². The van der Waals surface area contributed by atoms with Crippen molar-refractivity contribution in [1.82, 2.24) is 4.90 Å². The first-order valence-corrected chi connectivity index (χ1v) is 10.3. The summed E-state index contributed by atoms with van der Waals surface area (Å²) < 4.78 is 31.9. The second-order valence-corrected chi connectivity index (χ2v) is 7.69. The van der Waals surface area contributed by atoms with Gasteiger partial charge in [0, 0.05) is 18.7 Å². The molecule has 2 unspecified atom stereocenters. The van der Waals surface area contributed by atoms with E-state index < -0.39 is 11.6 Å². The SMILES string of the molecule is BOC(=O)C(CCCC)CCCC1CCCCN1Cc1cc(F)cc(F)c1. The lowest BCUT2D eigenvalue weighted by atomic mass is 9.91. The molecule has 1 fully saturated rings. The van der Waals surface area contributed by atoms with E-state index in [1.165, 1.54) is 26.6 Å². The monoisotopic (exact) mass is 379 g/mol. The molecule has 27 heavy (non-hydrogen) atoms. The van der Waals surface area contributed by atoms with Crippen LogP contribution in [0.25, 0.3) is 0 Å². The number of nitrogens with zero attached hydrogens (tertiary/aromatic N) is 1. The van der Waals surface area contributed by atoms with Crippen LogP contribution < -0.4 is 0 Å². The molecule has 0 saturated carbocycles. The molecular weight excluding hydrogens is 347 g/mol. The van der Waals surface area contributed by atoms with Crippen molar-refractivity contribution in [3.63, 3.8) is 0 Å². The van der Waals surface area contributed by atoms with Gasteiger partial charge in [-0.3, -0.25) is 9.69 Å². The van der Waals surface area contributed by atoms with Gasteiger partial charge in [0.15, 0.2) is 0 Å². The number of hydrogen-bond donors (Lipinski definition) is 0. The predicted molar refractivity (Wildman–Crippen MR) is 106 cm³/mol. The molecule has 0 aliphatic carbocycles. The van der Waals surface area contributed by atoms with E-state index in [-0.39, 0.29) is 11.9 Å². The maximum absolute atomic E-state index is 13.5. The van der Waals surface area contributed by atoms with Crippen LogP contribution in [-0.2, 0) is 16.0 Å². The van der Waals surface area contributed by atoms with Crippen molar-refractivity contribution in [1.29, 1.82) is 0 Å². The standard InChI is InChI=1S/C21H32BF2NO2/c1-2-3-7-17(21(26)27-22)8-6-10-20-9-4-5-11-25(20)15-16-12-18(23)14-19(24)13-16/h12-14,17,20H,2-11,15,22H2,1H3. The number of carbonyl (C=O) groups is 1. The minimum absolute atomic E-state index is 0.00990. The molecule has 0 amide bonds. The van der Waals surface area contributed by atoms with Gasteiger partial charge in [0.2, 0.25) is 0 Å². The first-order chi connectivity index (χ1) is 13.0. The second-order valence-electron chi connectivity index (χ2n) is 7.69. The molecule has 2 atom stereocenters. The van der Waals surface area contributed by atoms with Gasteiger partial charge < -0.3 is 4.65 Å². The lowest BCUT2D eigenvalue weighted by molar-refractivity contribution is -0.139. The molecule has 1 aromatic rings. The van der Waals surface area contributed by atoms with E-state index in [2.05, 4.69) is 11.8 Å². The highest BCUT2D eigenvalue weighted by molar-refractivity contribution is 6.05. The Labute approximate surface area is 162 Å². The van der Waals surface area contributed by atoms with Crippen LogP contribution in [0.2, 0.25) is 0 Å². The maximum Gasteiger partial charge on any atom is 0.325 e. The molecule has 0 spiro atoms. The normalized spacial score (nSPS) is 19.0.